The van der Waals surface area contributed by atoms with Gasteiger partial charge in [0.2, 0.25) is 0 Å². The zero-order chi connectivity index (χ0) is 10.9. The van der Waals surface area contributed by atoms with Crippen LogP contribution in [0.15, 0.2) is 0 Å². The van der Waals surface area contributed by atoms with Crippen molar-refractivity contribution in [2.24, 2.45) is 10.8 Å². The van der Waals surface area contributed by atoms with E-state index in [9.17, 15) is 15.0 Å². The summed E-state index contributed by atoms with van der Waals surface area (Å²) in [5.41, 5.74) is -1.32. The number of aliphatic hydroxyl groups is 1. The molecule has 0 aromatic heterocycles. The van der Waals surface area contributed by atoms with Gasteiger partial charge in [0.15, 0.2) is 0 Å². The molecule has 3 nitrogen and oxygen atoms in total. The number of aliphatic carboxylic acids is 1. The molecule has 0 spiro atoms. The maximum atomic E-state index is 11.4. The van der Waals surface area contributed by atoms with E-state index in [1.165, 1.54) is 5.92 Å². The van der Waals surface area contributed by atoms with E-state index in [2.05, 4.69) is 6.92 Å². The minimum atomic E-state index is -0.711. The lowest BCUT2D eigenvalue weighted by Crippen LogP contribution is -2.60. The summed E-state index contributed by atoms with van der Waals surface area (Å²) in [5, 5.41) is 19.8. The van der Waals surface area contributed by atoms with Crippen LogP contribution in [0.4, 0.5) is 0 Å². The fourth-order valence-electron chi connectivity index (χ4n) is 4.77. The third-order valence-corrected chi connectivity index (χ3v) is 4.49. The van der Waals surface area contributed by atoms with E-state index in [4.69, 9.17) is 0 Å². The second kappa shape index (κ2) is 2.40. The first-order valence-electron chi connectivity index (χ1n) is 5.64. The minimum Gasteiger partial charge on any atom is -0.481 e. The van der Waals surface area contributed by atoms with Crippen LogP contribution in [0, 0.1) is 16.7 Å². The van der Waals surface area contributed by atoms with Gasteiger partial charge in [0, 0.05) is 0 Å². The summed E-state index contributed by atoms with van der Waals surface area (Å²) in [6.07, 6.45) is 4.50. The van der Waals surface area contributed by atoms with Gasteiger partial charge in [0.05, 0.1) is 11.0 Å². The SMILES string of the molecule is CC12C[C]3CC(O)(C1)CC(C(=O)O)(C3)C2. The maximum absolute atomic E-state index is 11.4. The lowest BCUT2D eigenvalue weighted by atomic mass is 9.43. The van der Waals surface area contributed by atoms with Crippen molar-refractivity contribution >= 4 is 5.97 Å². The largest absolute Gasteiger partial charge is 0.481 e. The number of carbonyl (C=O) groups is 1. The van der Waals surface area contributed by atoms with E-state index in [0.717, 1.165) is 25.7 Å². The van der Waals surface area contributed by atoms with Crippen LogP contribution < -0.4 is 0 Å². The van der Waals surface area contributed by atoms with Crippen molar-refractivity contribution in [3.63, 3.8) is 0 Å². The second-order valence-electron chi connectivity index (χ2n) is 6.43. The smallest absolute Gasteiger partial charge is 0.309 e. The van der Waals surface area contributed by atoms with Crippen molar-refractivity contribution in [2.75, 3.05) is 0 Å². The van der Waals surface area contributed by atoms with Gasteiger partial charge in [-0.15, -0.1) is 0 Å². The molecule has 4 aliphatic rings. The molecule has 3 heteroatoms. The summed E-state index contributed by atoms with van der Waals surface area (Å²) in [6, 6.07) is 0. The molecular formula is C12H17O3. The Hall–Kier alpha value is -0.570. The third-order valence-electron chi connectivity index (χ3n) is 4.49. The summed E-state index contributed by atoms with van der Waals surface area (Å²) < 4.78 is 0. The minimum absolute atomic E-state index is 0.0389. The molecule has 4 saturated carbocycles. The van der Waals surface area contributed by atoms with Gasteiger partial charge >= 0.3 is 5.97 Å². The van der Waals surface area contributed by atoms with E-state index in [0.29, 0.717) is 12.8 Å². The van der Waals surface area contributed by atoms with Crippen LogP contribution in [-0.2, 0) is 4.79 Å². The molecule has 15 heavy (non-hydrogen) atoms. The van der Waals surface area contributed by atoms with E-state index in [1.807, 2.05) is 0 Å². The van der Waals surface area contributed by atoms with Gasteiger partial charge in [-0.3, -0.25) is 4.79 Å². The third kappa shape index (κ3) is 1.19. The lowest BCUT2D eigenvalue weighted by Gasteiger charge is -2.62. The normalized spacial score (nSPS) is 53.5. The van der Waals surface area contributed by atoms with E-state index < -0.39 is 17.0 Å². The van der Waals surface area contributed by atoms with Gasteiger partial charge in [0.25, 0.3) is 0 Å². The summed E-state index contributed by atoms with van der Waals surface area (Å²) in [7, 11) is 0. The highest BCUT2D eigenvalue weighted by Gasteiger charge is 2.64. The van der Waals surface area contributed by atoms with Crippen LogP contribution in [0.25, 0.3) is 0 Å². The fourth-order valence-corrected chi connectivity index (χ4v) is 4.77. The van der Waals surface area contributed by atoms with Crippen LogP contribution in [0.5, 0.6) is 0 Å². The van der Waals surface area contributed by atoms with Gasteiger partial charge in [-0.05, 0) is 49.9 Å². The molecule has 3 atom stereocenters. The summed E-state index contributed by atoms with van der Waals surface area (Å²) in [6.45, 7) is 2.13. The molecule has 1 radical (unpaired) electrons. The molecule has 0 saturated heterocycles. The topological polar surface area (TPSA) is 57.5 Å². The first-order valence-corrected chi connectivity index (χ1v) is 5.64. The lowest BCUT2D eigenvalue weighted by molar-refractivity contribution is -0.187. The Morgan fingerprint density at radius 2 is 1.93 bits per heavy atom. The molecule has 0 aromatic rings. The van der Waals surface area contributed by atoms with Crippen molar-refractivity contribution < 1.29 is 15.0 Å². The molecule has 0 aromatic carbocycles. The van der Waals surface area contributed by atoms with Gasteiger partial charge in [-0.2, -0.15) is 0 Å². The predicted molar refractivity (Wildman–Crippen MR) is 54.1 cm³/mol. The highest BCUT2D eigenvalue weighted by molar-refractivity contribution is 5.76. The van der Waals surface area contributed by atoms with E-state index in [1.54, 1.807) is 0 Å². The van der Waals surface area contributed by atoms with Crippen LogP contribution >= 0.6 is 0 Å². The zero-order valence-corrected chi connectivity index (χ0v) is 9.05. The number of hydrogen-bond donors (Lipinski definition) is 2. The molecular weight excluding hydrogens is 192 g/mol. The Morgan fingerprint density at radius 3 is 2.47 bits per heavy atom. The molecule has 0 aliphatic heterocycles. The molecule has 4 rings (SSSR count). The summed E-state index contributed by atoms with van der Waals surface area (Å²) in [4.78, 5) is 11.4. The first kappa shape index (κ1) is 9.64. The number of carboxylic acid groups (broad SMARTS) is 1. The summed E-state index contributed by atoms with van der Waals surface area (Å²) >= 11 is 0. The molecule has 0 heterocycles. The van der Waals surface area contributed by atoms with Crippen LogP contribution in [0.2, 0.25) is 0 Å². The average molecular weight is 209 g/mol. The number of rotatable bonds is 1. The molecule has 4 fully saturated rings. The second-order valence-corrected chi connectivity index (χ2v) is 6.43. The van der Waals surface area contributed by atoms with Crippen molar-refractivity contribution in [3.8, 4) is 0 Å². The van der Waals surface area contributed by atoms with Gasteiger partial charge in [-0.25, -0.2) is 0 Å². The van der Waals surface area contributed by atoms with Crippen LogP contribution in [0.3, 0.4) is 0 Å². The molecule has 0 amide bonds. The van der Waals surface area contributed by atoms with E-state index in [-0.39, 0.29) is 5.41 Å². The van der Waals surface area contributed by atoms with E-state index >= 15 is 0 Å². The number of carboxylic acids is 1. The Labute approximate surface area is 89.5 Å². The standard InChI is InChI=1S/C12H17O3/c1-10-2-8-3-11(5-10,9(13)14)7-12(15,4-8)6-10/h15H,2-7H2,1H3,(H,13,14). The molecule has 4 bridgehead atoms. The Kier molecular flexibility index (Phi) is 1.54. The molecule has 3 unspecified atom stereocenters. The Bertz CT molecular complexity index is 318. The monoisotopic (exact) mass is 209 g/mol. The quantitative estimate of drug-likeness (QED) is 0.691. The predicted octanol–water partition coefficient (Wildman–Crippen LogP) is 1.75. The highest BCUT2D eigenvalue weighted by Crippen LogP contribution is 2.67. The Morgan fingerprint density at radius 1 is 1.20 bits per heavy atom. The van der Waals surface area contributed by atoms with Crippen molar-refractivity contribution in [2.45, 2.75) is 51.0 Å². The molecule has 4 aliphatic carbocycles. The van der Waals surface area contributed by atoms with Crippen molar-refractivity contribution in [1.29, 1.82) is 0 Å². The van der Waals surface area contributed by atoms with Gasteiger partial charge in [-0.1, -0.05) is 6.92 Å². The van der Waals surface area contributed by atoms with Crippen molar-refractivity contribution in [1.82, 2.24) is 0 Å². The molecule has 83 valence electrons. The molecule has 2 N–H and O–H groups in total. The van der Waals surface area contributed by atoms with Crippen molar-refractivity contribution in [3.05, 3.63) is 5.92 Å². The maximum Gasteiger partial charge on any atom is 0.309 e. The number of hydrogen-bond acceptors (Lipinski definition) is 2. The fraction of sp³-hybridized carbons (Fsp3) is 0.833. The Balaban J connectivity index is 2.05. The van der Waals surface area contributed by atoms with Crippen LogP contribution in [0.1, 0.15) is 45.4 Å². The zero-order valence-electron chi connectivity index (χ0n) is 9.05. The first-order chi connectivity index (χ1) is 6.85. The highest BCUT2D eigenvalue weighted by atomic mass is 16.4. The summed E-state index contributed by atoms with van der Waals surface area (Å²) in [5.74, 6) is 0.579. The van der Waals surface area contributed by atoms with Crippen LogP contribution in [-0.4, -0.2) is 21.8 Å². The van der Waals surface area contributed by atoms with Gasteiger partial charge < -0.3 is 10.2 Å². The average Bonchev–Trinajstić information content (AvgIpc) is 1.95. The van der Waals surface area contributed by atoms with Gasteiger partial charge in [0.1, 0.15) is 0 Å².